The van der Waals surface area contributed by atoms with Crippen LogP contribution in [-0.4, -0.2) is 72.0 Å². The smallest absolute Gasteiger partial charge is 0.151 e. The first-order valence-corrected chi connectivity index (χ1v) is 10.4. The molecule has 2 fully saturated rings. The Morgan fingerprint density at radius 3 is 1.86 bits per heavy atom. The first kappa shape index (κ1) is 24.0. The van der Waals surface area contributed by atoms with Crippen molar-refractivity contribution in [3.63, 3.8) is 0 Å². The standard InChI is InChI=1S/C9H12ClN3O.C5H11NO.C4H2Cl2N2/c1-7-6-13(4-5-14-7)9-3-2-8(10)11-12-9;1-5-4-6-2-3-7-5;5-3-1-2-4(6)8-7-3/h2-3,7H,4-6H2,1H3;5-6H,2-4H2,1H3;1-2H/t7-;5-;/m00./s1. The molecule has 2 aromatic rings. The fourth-order valence-corrected chi connectivity index (χ4v) is 2.80. The van der Waals surface area contributed by atoms with Gasteiger partial charge in [0.05, 0.1) is 25.4 Å². The molecule has 0 aliphatic carbocycles. The summed E-state index contributed by atoms with van der Waals surface area (Å²) in [5, 5.41) is 19.1. The van der Waals surface area contributed by atoms with Crippen LogP contribution in [0.4, 0.5) is 5.82 Å². The van der Waals surface area contributed by atoms with E-state index in [1.165, 1.54) is 0 Å². The molecule has 2 aromatic heterocycles. The van der Waals surface area contributed by atoms with Crippen LogP contribution in [0.3, 0.4) is 0 Å². The molecule has 4 heterocycles. The minimum absolute atomic E-state index is 0.251. The van der Waals surface area contributed by atoms with Crippen molar-refractivity contribution in [3.8, 4) is 0 Å². The molecule has 2 aliphatic heterocycles. The summed E-state index contributed by atoms with van der Waals surface area (Å²) in [6, 6.07) is 6.80. The Balaban J connectivity index is 0.000000170. The van der Waals surface area contributed by atoms with Crippen LogP contribution < -0.4 is 10.2 Å². The Bertz CT molecular complexity index is 681. The Hall–Kier alpha value is -1.29. The van der Waals surface area contributed by atoms with Crippen molar-refractivity contribution in [2.24, 2.45) is 0 Å². The van der Waals surface area contributed by atoms with Gasteiger partial charge < -0.3 is 19.7 Å². The lowest BCUT2D eigenvalue weighted by atomic mass is 10.3. The molecule has 160 valence electrons. The Kier molecular flexibility index (Phi) is 10.8. The van der Waals surface area contributed by atoms with E-state index in [9.17, 15) is 0 Å². The lowest BCUT2D eigenvalue weighted by molar-refractivity contribution is 0.0410. The van der Waals surface area contributed by atoms with Gasteiger partial charge in [0.25, 0.3) is 0 Å². The molecule has 2 atom stereocenters. The van der Waals surface area contributed by atoms with Gasteiger partial charge in [0.15, 0.2) is 21.3 Å². The fourth-order valence-electron chi connectivity index (χ4n) is 2.50. The molecule has 0 aromatic carbocycles. The van der Waals surface area contributed by atoms with E-state index in [0.29, 0.717) is 21.6 Å². The molecule has 2 aliphatic rings. The highest BCUT2D eigenvalue weighted by atomic mass is 35.5. The molecular formula is C18H25Cl3N6O2. The molecule has 2 saturated heterocycles. The minimum atomic E-state index is 0.251. The van der Waals surface area contributed by atoms with Gasteiger partial charge in [-0.15, -0.1) is 20.4 Å². The van der Waals surface area contributed by atoms with E-state index in [0.717, 1.165) is 45.2 Å². The summed E-state index contributed by atoms with van der Waals surface area (Å²) in [5.74, 6) is 0.865. The number of nitrogens with one attached hydrogen (secondary N) is 1. The number of anilines is 1. The molecule has 0 spiro atoms. The van der Waals surface area contributed by atoms with E-state index in [2.05, 4.69) is 44.5 Å². The van der Waals surface area contributed by atoms with Gasteiger partial charge in [-0.3, -0.25) is 0 Å². The topological polar surface area (TPSA) is 85.3 Å². The predicted octanol–water partition coefficient (Wildman–Crippen LogP) is 3.13. The third-order valence-corrected chi connectivity index (χ3v) is 4.50. The maximum Gasteiger partial charge on any atom is 0.151 e. The molecule has 11 heteroatoms. The second kappa shape index (κ2) is 13.1. The lowest BCUT2D eigenvalue weighted by Crippen LogP contribution is -2.41. The van der Waals surface area contributed by atoms with Crippen molar-refractivity contribution in [1.82, 2.24) is 25.7 Å². The van der Waals surface area contributed by atoms with Crippen LogP contribution in [0.25, 0.3) is 0 Å². The maximum atomic E-state index is 5.66. The number of hydrogen-bond donors (Lipinski definition) is 1. The van der Waals surface area contributed by atoms with Crippen LogP contribution >= 0.6 is 34.8 Å². The lowest BCUT2D eigenvalue weighted by Gasteiger charge is -2.31. The summed E-state index contributed by atoms with van der Waals surface area (Å²) in [7, 11) is 0. The summed E-state index contributed by atoms with van der Waals surface area (Å²) in [6.07, 6.45) is 0.676. The van der Waals surface area contributed by atoms with Crippen molar-refractivity contribution in [3.05, 3.63) is 39.7 Å². The highest BCUT2D eigenvalue weighted by Gasteiger charge is 2.17. The number of rotatable bonds is 1. The highest BCUT2D eigenvalue weighted by Crippen LogP contribution is 2.15. The molecule has 0 amide bonds. The van der Waals surface area contributed by atoms with E-state index in [4.69, 9.17) is 44.3 Å². The second-order valence-corrected chi connectivity index (χ2v) is 7.57. The van der Waals surface area contributed by atoms with Crippen LogP contribution in [0.2, 0.25) is 15.5 Å². The predicted molar refractivity (Wildman–Crippen MR) is 115 cm³/mol. The molecule has 1 N–H and O–H groups in total. The summed E-state index contributed by atoms with van der Waals surface area (Å²) in [6.45, 7) is 9.50. The number of morpholine rings is 2. The van der Waals surface area contributed by atoms with Crippen LogP contribution in [0.15, 0.2) is 24.3 Å². The number of aromatic nitrogens is 4. The van der Waals surface area contributed by atoms with E-state index in [-0.39, 0.29) is 6.10 Å². The first-order valence-electron chi connectivity index (χ1n) is 9.27. The molecule has 0 saturated carbocycles. The Morgan fingerprint density at radius 1 is 0.862 bits per heavy atom. The van der Waals surface area contributed by atoms with Crippen molar-refractivity contribution in [2.45, 2.75) is 26.1 Å². The van der Waals surface area contributed by atoms with Gasteiger partial charge in [-0.1, -0.05) is 34.8 Å². The van der Waals surface area contributed by atoms with Crippen LogP contribution in [0, 0.1) is 0 Å². The minimum Gasteiger partial charge on any atom is -0.376 e. The largest absolute Gasteiger partial charge is 0.376 e. The Morgan fingerprint density at radius 2 is 1.45 bits per heavy atom. The van der Waals surface area contributed by atoms with Gasteiger partial charge in [-0.2, -0.15) is 0 Å². The molecule has 4 rings (SSSR count). The zero-order valence-corrected chi connectivity index (χ0v) is 18.7. The average Bonchev–Trinajstić information content (AvgIpc) is 2.72. The molecular weight excluding hydrogens is 439 g/mol. The Labute approximate surface area is 185 Å². The quantitative estimate of drug-likeness (QED) is 0.690. The van der Waals surface area contributed by atoms with Crippen LogP contribution in [-0.2, 0) is 9.47 Å². The maximum absolute atomic E-state index is 5.66. The fraction of sp³-hybridized carbons (Fsp3) is 0.556. The summed E-state index contributed by atoms with van der Waals surface area (Å²) in [4.78, 5) is 2.15. The van der Waals surface area contributed by atoms with E-state index < -0.39 is 0 Å². The molecule has 0 bridgehead atoms. The van der Waals surface area contributed by atoms with Crippen molar-refractivity contribution < 1.29 is 9.47 Å². The third kappa shape index (κ3) is 9.84. The normalized spacial score (nSPS) is 21.3. The number of hydrogen-bond acceptors (Lipinski definition) is 8. The number of halogens is 3. The number of nitrogens with zero attached hydrogens (tertiary/aromatic N) is 5. The monoisotopic (exact) mass is 462 g/mol. The van der Waals surface area contributed by atoms with Crippen molar-refractivity contribution in [1.29, 1.82) is 0 Å². The molecule has 0 unspecified atom stereocenters. The first-order chi connectivity index (χ1) is 13.9. The van der Waals surface area contributed by atoms with Crippen LogP contribution in [0.5, 0.6) is 0 Å². The zero-order chi connectivity index (χ0) is 21.1. The SMILES string of the molecule is C[C@H]1CN(c2ccc(Cl)nn2)CCO1.C[C@H]1CNCCO1.Clc1ccc(Cl)nn1. The second-order valence-electron chi connectivity index (χ2n) is 6.41. The summed E-state index contributed by atoms with van der Waals surface area (Å²) >= 11 is 16.4. The zero-order valence-electron chi connectivity index (χ0n) is 16.4. The van der Waals surface area contributed by atoms with E-state index in [1.807, 2.05) is 6.07 Å². The molecule has 8 nitrogen and oxygen atoms in total. The summed E-state index contributed by atoms with van der Waals surface area (Å²) in [5.41, 5.74) is 0. The van der Waals surface area contributed by atoms with Gasteiger partial charge in [0.1, 0.15) is 0 Å². The van der Waals surface area contributed by atoms with Gasteiger partial charge in [-0.05, 0) is 38.1 Å². The number of ether oxygens (including phenoxy) is 2. The average molecular weight is 464 g/mol. The van der Waals surface area contributed by atoms with Gasteiger partial charge in [0.2, 0.25) is 0 Å². The van der Waals surface area contributed by atoms with Crippen molar-refractivity contribution in [2.75, 3.05) is 44.3 Å². The van der Waals surface area contributed by atoms with Gasteiger partial charge >= 0.3 is 0 Å². The highest BCUT2D eigenvalue weighted by molar-refractivity contribution is 6.31. The summed E-state index contributed by atoms with van der Waals surface area (Å²) < 4.78 is 10.7. The van der Waals surface area contributed by atoms with Crippen LogP contribution in [0.1, 0.15) is 13.8 Å². The molecule has 29 heavy (non-hydrogen) atoms. The van der Waals surface area contributed by atoms with E-state index >= 15 is 0 Å². The third-order valence-electron chi connectivity index (χ3n) is 3.90. The van der Waals surface area contributed by atoms with Gasteiger partial charge in [0, 0.05) is 26.2 Å². The van der Waals surface area contributed by atoms with E-state index in [1.54, 1.807) is 18.2 Å². The molecule has 0 radical (unpaired) electrons. The van der Waals surface area contributed by atoms with Gasteiger partial charge in [-0.25, -0.2) is 0 Å². The van der Waals surface area contributed by atoms with Crippen molar-refractivity contribution >= 4 is 40.6 Å².